The minimum atomic E-state index is -0.565. The molecule has 30 heavy (non-hydrogen) atoms. The fourth-order valence-corrected chi connectivity index (χ4v) is 3.68. The van der Waals surface area contributed by atoms with Crippen molar-refractivity contribution in [1.29, 1.82) is 5.26 Å². The fourth-order valence-electron chi connectivity index (χ4n) is 3.68. The summed E-state index contributed by atoms with van der Waals surface area (Å²) in [5.41, 5.74) is 2.73. The lowest BCUT2D eigenvalue weighted by molar-refractivity contribution is -0.119. The molecule has 1 fully saturated rings. The molecule has 2 aliphatic rings. The number of carbonyl (C=O) groups is 2. The molecule has 1 saturated heterocycles. The Kier molecular flexibility index (Phi) is 5.27. The third kappa shape index (κ3) is 3.91. The van der Waals surface area contributed by atoms with E-state index in [0.29, 0.717) is 37.4 Å². The Bertz CT molecular complexity index is 1010. The lowest BCUT2D eigenvalue weighted by atomic mass is 10.2. The maximum Gasteiger partial charge on any atom is 0.414 e. The van der Waals surface area contributed by atoms with Gasteiger partial charge in [-0.05, 0) is 18.2 Å². The number of nitrogens with one attached hydrogen (secondary N) is 1. The summed E-state index contributed by atoms with van der Waals surface area (Å²) in [5.74, 6) is -0.642. The first-order valence-electron chi connectivity index (χ1n) is 9.64. The topological polar surface area (TPSA) is 103 Å². The summed E-state index contributed by atoms with van der Waals surface area (Å²) in [4.78, 5) is 26.4. The summed E-state index contributed by atoms with van der Waals surface area (Å²) in [6.07, 6.45) is 1.25. The van der Waals surface area contributed by atoms with Crippen LogP contribution in [0.1, 0.15) is 24.6 Å². The van der Waals surface area contributed by atoms with Crippen molar-refractivity contribution < 1.29 is 18.7 Å². The van der Waals surface area contributed by atoms with E-state index in [1.54, 1.807) is 16.8 Å². The summed E-state index contributed by atoms with van der Waals surface area (Å²) in [6, 6.07) is 6.75. The molecule has 0 unspecified atom stereocenters. The number of nitriles is 1. The Balaban J connectivity index is 1.42. The molecule has 3 heterocycles. The molecule has 1 atom stereocenters. The number of rotatable bonds is 6. The predicted octanol–water partition coefficient (Wildman–Crippen LogP) is 1.92. The monoisotopic (exact) mass is 412 g/mol. The van der Waals surface area contributed by atoms with Crippen LogP contribution in [0.5, 0.6) is 0 Å². The highest BCUT2D eigenvalue weighted by atomic mass is 19.1. The molecule has 1 aromatic carbocycles. The molecule has 2 aliphatic heterocycles. The van der Waals surface area contributed by atoms with Crippen LogP contribution < -0.4 is 15.1 Å². The van der Waals surface area contributed by atoms with Crippen LogP contribution in [0.2, 0.25) is 0 Å². The van der Waals surface area contributed by atoms with Crippen LogP contribution in [0.3, 0.4) is 0 Å². The third-order valence-electron chi connectivity index (χ3n) is 5.12. The average Bonchev–Trinajstić information content (AvgIpc) is 3.37. The van der Waals surface area contributed by atoms with Gasteiger partial charge in [-0.15, -0.1) is 0 Å². The van der Waals surface area contributed by atoms with Crippen molar-refractivity contribution in [3.63, 3.8) is 0 Å². The van der Waals surface area contributed by atoms with Crippen LogP contribution in [-0.2, 0) is 29.2 Å². The zero-order valence-corrected chi connectivity index (χ0v) is 16.5. The van der Waals surface area contributed by atoms with E-state index in [-0.39, 0.29) is 19.0 Å². The van der Waals surface area contributed by atoms with Crippen molar-refractivity contribution in [3.05, 3.63) is 41.5 Å². The Labute approximate surface area is 172 Å². The number of aryl methyl sites for hydroxylation is 1. The Morgan fingerprint density at radius 2 is 2.27 bits per heavy atom. The molecule has 0 spiro atoms. The number of nitrogens with zero attached hydrogens (tertiary/aromatic N) is 5. The molecule has 10 heteroatoms. The van der Waals surface area contributed by atoms with Crippen LogP contribution in [0.4, 0.5) is 20.6 Å². The number of ether oxygens (including phenoxy) is 1. The summed E-state index contributed by atoms with van der Waals surface area (Å²) in [5, 5.41) is 15.8. The van der Waals surface area contributed by atoms with Crippen LogP contribution >= 0.6 is 0 Å². The van der Waals surface area contributed by atoms with Crippen LogP contribution in [0.15, 0.2) is 24.4 Å². The number of amides is 2. The quantitative estimate of drug-likeness (QED) is 0.778. The third-order valence-corrected chi connectivity index (χ3v) is 5.12. The number of aromatic nitrogens is 2. The number of benzene rings is 1. The number of hydrogen-bond acceptors (Lipinski definition) is 6. The second kappa shape index (κ2) is 8.02. The van der Waals surface area contributed by atoms with Gasteiger partial charge in [0.05, 0.1) is 55.7 Å². The molecule has 1 N–H and O–H groups in total. The van der Waals surface area contributed by atoms with E-state index in [2.05, 4.69) is 16.5 Å². The first-order valence-corrected chi connectivity index (χ1v) is 9.64. The van der Waals surface area contributed by atoms with Crippen LogP contribution in [0.25, 0.3) is 0 Å². The Morgan fingerprint density at radius 3 is 2.97 bits per heavy atom. The predicted molar refractivity (Wildman–Crippen MR) is 105 cm³/mol. The average molecular weight is 412 g/mol. The zero-order valence-electron chi connectivity index (χ0n) is 16.5. The number of hydrogen-bond donors (Lipinski definition) is 1. The van der Waals surface area contributed by atoms with Gasteiger partial charge in [0.15, 0.2) is 0 Å². The minimum absolute atomic E-state index is 0.205. The SMILES string of the molecule is CC(=O)NC[C@H]1CN(c2ccc(N3Cc4cn(CCC#N)nc4C3)c(F)c2)C(=O)O1. The first-order chi connectivity index (χ1) is 14.4. The number of carbonyl (C=O) groups excluding carboxylic acids is 2. The first kappa shape index (κ1) is 19.7. The number of fused-ring (bicyclic) bond motifs is 1. The van der Waals surface area contributed by atoms with Gasteiger partial charge in [-0.25, -0.2) is 9.18 Å². The molecule has 156 valence electrons. The van der Waals surface area contributed by atoms with Crippen molar-refractivity contribution in [2.75, 3.05) is 22.9 Å². The lowest BCUT2D eigenvalue weighted by Gasteiger charge is -2.21. The maximum atomic E-state index is 14.9. The number of cyclic esters (lactones) is 1. The van der Waals surface area contributed by atoms with Gasteiger partial charge < -0.3 is 15.0 Å². The molecular weight excluding hydrogens is 391 g/mol. The summed E-state index contributed by atoms with van der Waals surface area (Å²) in [7, 11) is 0. The van der Waals surface area contributed by atoms with Gasteiger partial charge in [0.2, 0.25) is 5.91 Å². The normalized spacial score (nSPS) is 17.6. The lowest BCUT2D eigenvalue weighted by Crippen LogP contribution is -2.33. The highest BCUT2D eigenvalue weighted by Gasteiger charge is 2.33. The highest BCUT2D eigenvalue weighted by Crippen LogP contribution is 2.32. The molecule has 0 bridgehead atoms. The smallest absolute Gasteiger partial charge is 0.414 e. The summed E-state index contributed by atoms with van der Waals surface area (Å²) >= 11 is 0. The molecule has 2 aromatic rings. The van der Waals surface area contributed by atoms with Crippen molar-refractivity contribution in [1.82, 2.24) is 15.1 Å². The van der Waals surface area contributed by atoms with E-state index in [0.717, 1.165) is 11.3 Å². The molecule has 9 nitrogen and oxygen atoms in total. The zero-order chi connectivity index (χ0) is 21.3. The standard InChI is InChI=1S/C20H21FN6O3/c1-13(28)23-8-16-11-27(20(29)30-16)15-3-4-19(17(21)7-15)25-9-14-10-26(6-2-5-22)24-18(14)12-25/h3-4,7,10,16H,2,6,8-9,11-12H2,1H3,(H,23,28)/t16-/m0/s1. The molecule has 4 rings (SSSR count). The largest absolute Gasteiger partial charge is 0.442 e. The van der Waals surface area contributed by atoms with Crippen molar-refractivity contribution in [2.45, 2.75) is 39.1 Å². The van der Waals surface area contributed by atoms with E-state index in [4.69, 9.17) is 10.00 Å². The van der Waals surface area contributed by atoms with Gasteiger partial charge in [-0.1, -0.05) is 0 Å². The van der Waals surface area contributed by atoms with Gasteiger partial charge in [-0.2, -0.15) is 10.4 Å². The molecule has 2 amide bonds. The number of halogens is 1. The van der Waals surface area contributed by atoms with E-state index >= 15 is 0 Å². The summed E-state index contributed by atoms with van der Waals surface area (Å²) in [6.45, 7) is 3.40. The molecule has 0 aliphatic carbocycles. The second-order valence-electron chi connectivity index (χ2n) is 7.32. The number of anilines is 2. The summed E-state index contributed by atoms with van der Waals surface area (Å²) < 4.78 is 21.8. The van der Waals surface area contributed by atoms with E-state index in [1.807, 2.05) is 11.1 Å². The van der Waals surface area contributed by atoms with Gasteiger partial charge in [0.25, 0.3) is 0 Å². The van der Waals surface area contributed by atoms with E-state index in [9.17, 15) is 14.0 Å². The Hall–Kier alpha value is -3.61. The van der Waals surface area contributed by atoms with Gasteiger partial charge in [-0.3, -0.25) is 14.4 Å². The van der Waals surface area contributed by atoms with Crippen molar-refractivity contribution in [3.8, 4) is 6.07 Å². The maximum absolute atomic E-state index is 14.9. The van der Waals surface area contributed by atoms with Crippen LogP contribution in [0, 0.1) is 17.1 Å². The van der Waals surface area contributed by atoms with E-state index < -0.39 is 18.0 Å². The van der Waals surface area contributed by atoms with Crippen molar-refractivity contribution in [2.24, 2.45) is 0 Å². The fraction of sp³-hybridized carbons (Fsp3) is 0.400. The van der Waals surface area contributed by atoms with E-state index in [1.165, 1.54) is 17.9 Å². The highest BCUT2D eigenvalue weighted by molar-refractivity contribution is 5.90. The Morgan fingerprint density at radius 1 is 1.43 bits per heavy atom. The molecule has 0 radical (unpaired) electrons. The van der Waals surface area contributed by atoms with Gasteiger partial charge in [0, 0.05) is 25.2 Å². The van der Waals surface area contributed by atoms with Crippen molar-refractivity contribution >= 4 is 23.4 Å². The molecule has 1 aromatic heterocycles. The van der Waals surface area contributed by atoms with Crippen LogP contribution in [-0.4, -0.2) is 41.0 Å². The molecule has 0 saturated carbocycles. The molecular formula is C20H21FN6O3. The van der Waals surface area contributed by atoms with Gasteiger partial charge in [0.1, 0.15) is 11.9 Å². The second-order valence-corrected chi connectivity index (χ2v) is 7.32. The minimum Gasteiger partial charge on any atom is -0.442 e. The van der Waals surface area contributed by atoms with Gasteiger partial charge >= 0.3 is 6.09 Å².